The van der Waals surface area contributed by atoms with Crippen molar-refractivity contribution in [1.29, 1.82) is 0 Å². The van der Waals surface area contributed by atoms with Gasteiger partial charge in [-0.1, -0.05) is 42.5 Å². The molecule has 166 valence electrons. The maximum absolute atomic E-state index is 12.3. The zero-order valence-corrected chi connectivity index (χ0v) is 18.1. The zero-order valence-electron chi connectivity index (χ0n) is 18.1. The van der Waals surface area contributed by atoms with Crippen LogP contribution in [0.1, 0.15) is 25.7 Å². The van der Waals surface area contributed by atoms with Gasteiger partial charge in [-0.2, -0.15) is 4.98 Å². The summed E-state index contributed by atoms with van der Waals surface area (Å²) in [5.41, 5.74) is 2.26. The number of carbonyl (C=O) groups excluding carboxylic acids is 1. The van der Waals surface area contributed by atoms with E-state index < -0.39 is 0 Å². The summed E-state index contributed by atoms with van der Waals surface area (Å²) in [5, 5.41) is 3.06. The number of nitrogens with one attached hydrogen (secondary N) is 1. The molecule has 4 rings (SSSR count). The number of rotatable bonds is 8. The predicted octanol–water partition coefficient (Wildman–Crippen LogP) is 4.04. The van der Waals surface area contributed by atoms with Crippen LogP contribution in [0.5, 0.6) is 17.5 Å². The molecule has 7 heteroatoms. The predicted molar refractivity (Wildman–Crippen MR) is 121 cm³/mol. The summed E-state index contributed by atoms with van der Waals surface area (Å²) in [6.07, 6.45) is 6.55. The number of amides is 1. The molecule has 1 amide bonds. The molecule has 1 aliphatic rings. The molecule has 0 atom stereocenters. The Hall–Kier alpha value is -3.61. The number of methoxy groups -OCH3 is 1. The Bertz CT molecular complexity index is 1000. The third kappa shape index (κ3) is 5.97. The number of ether oxygens (including phenoxy) is 3. The number of hydrogen-bond acceptors (Lipinski definition) is 6. The number of benzene rings is 2. The molecule has 1 heterocycles. The van der Waals surface area contributed by atoms with Crippen LogP contribution in [0.3, 0.4) is 0 Å². The maximum Gasteiger partial charge on any atom is 0.258 e. The Kier molecular flexibility index (Phi) is 7.17. The number of hydrogen-bond donors (Lipinski definition) is 1. The zero-order chi connectivity index (χ0) is 22.2. The third-order valence-electron chi connectivity index (χ3n) is 5.46. The molecule has 1 fully saturated rings. The quantitative estimate of drug-likeness (QED) is 0.577. The lowest BCUT2D eigenvalue weighted by atomic mass is 9.93. The Labute approximate surface area is 187 Å². The van der Waals surface area contributed by atoms with Crippen molar-refractivity contribution in [2.24, 2.45) is 0 Å². The molecule has 2 aromatic carbocycles. The van der Waals surface area contributed by atoms with Crippen LogP contribution in [0.4, 0.5) is 0 Å². The maximum atomic E-state index is 12.3. The van der Waals surface area contributed by atoms with Crippen LogP contribution in [0.2, 0.25) is 0 Å². The third-order valence-corrected chi connectivity index (χ3v) is 5.46. The summed E-state index contributed by atoms with van der Waals surface area (Å²) in [6.45, 7) is 0.000508. The summed E-state index contributed by atoms with van der Waals surface area (Å²) < 4.78 is 16.6. The molecule has 0 saturated heterocycles. The van der Waals surface area contributed by atoms with Gasteiger partial charge in [0, 0.05) is 6.04 Å². The number of aromatic nitrogens is 2. The van der Waals surface area contributed by atoms with E-state index in [4.69, 9.17) is 14.2 Å². The summed E-state index contributed by atoms with van der Waals surface area (Å²) in [4.78, 5) is 20.6. The minimum Gasteiger partial charge on any atom is -0.484 e. The van der Waals surface area contributed by atoms with Gasteiger partial charge in [-0.15, -0.1) is 0 Å². The second-order valence-electron chi connectivity index (χ2n) is 7.74. The van der Waals surface area contributed by atoms with E-state index in [-0.39, 0.29) is 24.7 Å². The minimum atomic E-state index is -0.111. The van der Waals surface area contributed by atoms with E-state index in [2.05, 4.69) is 27.4 Å². The van der Waals surface area contributed by atoms with E-state index >= 15 is 0 Å². The lowest BCUT2D eigenvalue weighted by molar-refractivity contribution is -0.124. The van der Waals surface area contributed by atoms with Crippen molar-refractivity contribution in [3.63, 3.8) is 0 Å². The molecule has 32 heavy (non-hydrogen) atoms. The molecule has 1 saturated carbocycles. The van der Waals surface area contributed by atoms with Crippen molar-refractivity contribution in [2.75, 3.05) is 13.7 Å². The lowest BCUT2D eigenvalue weighted by Crippen LogP contribution is -2.41. The molecule has 1 aliphatic carbocycles. The topological polar surface area (TPSA) is 82.6 Å². The molecule has 1 aromatic heterocycles. The summed E-state index contributed by atoms with van der Waals surface area (Å²) in [6, 6.07) is 18.0. The first-order chi connectivity index (χ1) is 15.7. The van der Waals surface area contributed by atoms with Crippen LogP contribution in [0.25, 0.3) is 11.1 Å². The monoisotopic (exact) mass is 433 g/mol. The van der Waals surface area contributed by atoms with E-state index in [1.807, 2.05) is 42.5 Å². The number of nitrogens with zero attached hydrogens (tertiary/aromatic N) is 2. The number of carbonyl (C=O) groups is 1. The van der Waals surface area contributed by atoms with Gasteiger partial charge in [-0.05, 0) is 48.9 Å². The van der Waals surface area contributed by atoms with Crippen molar-refractivity contribution in [3.8, 4) is 28.6 Å². The molecule has 7 nitrogen and oxygen atoms in total. The van der Waals surface area contributed by atoms with Gasteiger partial charge in [-0.25, -0.2) is 0 Å². The Morgan fingerprint density at radius 1 is 0.938 bits per heavy atom. The first-order valence-corrected chi connectivity index (χ1v) is 10.8. The highest BCUT2D eigenvalue weighted by molar-refractivity contribution is 5.77. The highest BCUT2D eigenvalue weighted by atomic mass is 16.5. The Balaban J connectivity index is 1.18. The molecular formula is C25H27N3O4. The first kappa shape index (κ1) is 21.6. The van der Waals surface area contributed by atoms with Gasteiger partial charge >= 0.3 is 0 Å². The first-order valence-electron chi connectivity index (χ1n) is 10.8. The van der Waals surface area contributed by atoms with Crippen LogP contribution < -0.4 is 19.5 Å². The average Bonchev–Trinajstić information content (AvgIpc) is 2.85. The average molecular weight is 434 g/mol. The molecule has 0 spiro atoms. The summed E-state index contributed by atoms with van der Waals surface area (Å²) >= 11 is 0. The van der Waals surface area contributed by atoms with E-state index in [9.17, 15) is 4.79 Å². The second kappa shape index (κ2) is 10.6. The van der Waals surface area contributed by atoms with E-state index in [0.29, 0.717) is 17.5 Å². The fourth-order valence-electron chi connectivity index (χ4n) is 3.77. The molecule has 0 aliphatic heterocycles. The van der Waals surface area contributed by atoms with E-state index in [1.54, 1.807) is 19.5 Å². The summed E-state index contributed by atoms with van der Waals surface area (Å²) in [5.74, 6) is 1.46. The van der Waals surface area contributed by atoms with Crippen molar-refractivity contribution >= 4 is 5.91 Å². The smallest absolute Gasteiger partial charge is 0.258 e. The van der Waals surface area contributed by atoms with Gasteiger partial charge in [0.05, 0.1) is 19.5 Å². The highest BCUT2D eigenvalue weighted by Crippen LogP contribution is 2.24. The molecule has 3 aromatic rings. The van der Waals surface area contributed by atoms with Gasteiger partial charge in [0.2, 0.25) is 11.8 Å². The van der Waals surface area contributed by atoms with E-state index in [1.165, 1.54) is 0 Å². The molecule has 0 radical (unpaired) electrons. The SMILES string of the molecule is COc1cncc(OC2CCC(NC(=O)COc3ccc(-c4ccccc4)cc3)CC2)n1. The molecular weight excluding hydrogens is 406 g/mol. The van der Waals surface area contributed by atoms with Crippen molar-refractivity contribution in [3.05, 3.63) is 67.0 Å². The Morgan fingerprint density at radius 3 is 2.34 bits per heavy atom. The van der Waals surface area contributed by atoms with Crippen molar-refractivity contribution in [2.45, 2.75) is 37.8 Å². The molecule has 0 bridgehead atoms. The van der Waals surface area contributed by atoms with Crippen LogP contribution in [0.15, 0.2) is 67.0 Å². The van der Waals surface area contributed by atoms with Crippen molar-refractivity contribution < 1.29 is 19.0 Å². The van der Waals surface area contributed by atoms with Gasteiger partial charge in [0.1, 0.15) is 11.9 Å². The highest BCUT2D eigenvalue weighted by Gasteiger charge is 2.24. The fourth-order valence-corrected chi connectivity index (χ4v) is 3.77. The fraction of sp³-hybridized carbons (Fsp3) is 0.320. The normalized spacial score (nSPS) is 17.9. The van der Waals surface area contributed by atoms with Crippen LogP contribution >= 0.6 is 0 Å². The summed E-state index contributed by atoms with van der Waals surface area (Å²) in [7, 11) is 1.55. The van der Waals surface area contributed by atoms with Gasteiger partial charge < -0.3 is 19.5 Å². The van der Waals surface area contributed by atoms with Crippen molar-refractivity contribution in [1.82, 2.24) is 15.3 Å². The lowest BCUT2D eigenvalue weighted by Gasteiger charge is -2.29. The standard InChI is InChI=1S/C25H27N3O4/c1-30-24-15-26-16-25(28-24)32-22-13-9-20(10-14-22)27-23(29)17-31-21-11-7-19(8-12-21)18-5-3-2-4-6-18/h2-8,11-12,15-16,20,22H,9-10,13-14,17H2,1H3,(H,27,29). The van der Waals surface area contributed by atoms with Crippen LogP contribution in [0, 0.1) is 0 Å². The second-order valence-corrected chi connectivity index (χ2v) is 7.74. The van der Waals surface area contributed by atoms with Gasteiger partial charge in [0.15, 0.2) is 6.61 Å². The van der Waals surface area contributed by atoms with Crippen LogP contribution in [-0.2, 0) is 4.79 Å². The van der Waals surface area contributed by atoms with Crippen LogP contribution in [-0.4, -0.2) is 41.7 Å². The molecule has 1 N–H and O–H groups in total. The largest absolute Gasteiger partial charge is 0.484 e. The minimum absolute atomic E-state index is 0.000508. The van der Waals surface area contributed by atoms with Gasteiger partial charge in [-0.3, -0.25) is 9.78 Å². The van der Waals surface area contributed by atoms with E-state index in [0.717, 1.165) is 36.8 Å². The molecule has 0 unspecified atom stereocenters. The van der Waals surface area contributed by atoms with Gasteiger partial charge in [0.25, 0.3) is 5.91 Å². The Morgan fingerprint density at radius 2 is 1.62 bits per heavy atom.